The second-order valence-electron chi connectivity index (χ2n) is 7.31. The molecule has 0 bridgehead atoms. The summed E-state index contributed by atoms with van der Waals surface area (Å²) in [5, 5.41) is 49.2. The predicted octanol–water partition coefficient (Wildman–Crippen LogP) is 0.484. The monoisotopic (exact) mass is 462 g/mol. The number of carbonyl (C=O) groups is 1. The number of phenols is 1. The summed E-state index contributed by atoms with van der Waals surface area (Å²) in [5.74, 6) is 0.0553. The molecule has 0 saturated carbocycles. The molecule has 1 aliphatic heterocycles. The van der Waals surface area contributed by atoms with Gasteiger partial charge in [-0.3, -0.25) is 4.79 Å². The number of methoxy groups -OCH3 is 2. The van der Waals surface area contributed by atoms with Crippen LogP contribution in [0.2, 0.25) is 0 Å². The van der Waals surface area contributed by atoms with E-state index in [0.717, 1.165) is 0 Å². The summed E-state index contributed by atoms with van der Waals surface area (Å²) < 4.78 is 21.1. The van der Waals surface area contributed by atoms with Crippen LogP contribution in [0.4, 0.5) is 0 Å². The SMILES string of the molecule is COc1cc(O)c(C(=O)C=Cc2ccc(OC3OC(CO)C(O)C(O)C3O)cc2)c(OC)c1. The molecule has 5 atom stereocenters. The molecule has 178 valence electrons. The quantitative estimate of drug-likeness (QED) is 0.276. The highest BCUT2D eigenvalue weighted by molar-refractivity contribution is 6.10. The highest BCUT2D eigenvalue weighted by Crippen LogP contribution is 2.34. The first-order chi connectivity index (χ1) is 15.8. The molecule has 5 unspecified atom stereocenters. The lowest BCUT2D eigenvalue weighted by Crippen LogP contribution is -2.60. The van der Waals surface area contributed by atoms with Gasteiger partial charge in [-0.15, -0.1) is 0 Å². The zero-order valence-corrected chi connectivity index (χ0v) is 18.0. The van der Waals surface area contributed by atoms with Crippen molar-refractivity contribution in [3.05, 3.63) is 53.6 Å². The van der Waals surface area contributed by atoms with Crippen molar-refractivity contribution in [2.24, 2.45) is 0 Å². The zero-order valence-electron chi connectivity index (χ0n) is 18.0. The molecule has 3 rings (SSSR count). The Morgan fingerprint density at radius 1 is 1.00 bits per heavy atom. The van der Waals surface area contributed by atoms with E-state index >= 15 is 0 Å². The zero-order chi connectivity index (χ0) is 24.1. The third-order valence-electron chi connectivity index (χ3n) is 5.16. The Balaban J connectivity index is 1.69. The van der Waals surface area contributed by atoms with E-state index in [1.54, 1.807) is 24.3 Å². The van der Waals surface area contributed by atoms with Gasteiger partial charge in [-0.2, -0.15) is 0 Å². The number of benzene rings is 2. The summed E-state index contributed by atoms with van der Waals surface area (Å²) in [4.78, 5) is 12.6. The van der Waals surface area contributed by atoms with Crippen molar-refractivity contribution in [1.82, 2.24) is 0 Å². The van der Waals surface area contributed by atoms with Crippen molar-refractivity contribution in [2.75, 3.05) is 20.8 Å². The summed E-state index contributed by atoms with van der Waals surface area (Å²) in [6, 6.07) is 9.18. The van der Waals surface area contributed by atoms with Gasteiger partial charge in [0.2, 0.25) is 6.29 Å². The minimum Gasteiger partial charge on any atom is -0.507 e. The molecule has 2 aromatic carbocycles. The van der Waals surface area contributed by atoms with Gasteiger partial charge in [0.1, 0.15) is 53.0 Å². The fourth-order valence-corrected chi connectivity index (χ4v) is 3.31. The van der Waals surface area contributed by atoms with Crippen molar-refractivity contribution < 1.29 is 49.3 Å². The van der Waals surface area contributed by atoms with Gasteiger partial charge in [0, 0.05) is 12.1 Å². The van der Waals surface area contributed by atoms with E-state index in [1.807, 2.05) is 0 Å². The molecular weight excluding hydrogens is 436 g/mol. The number of phenolic OH excluding ortho intramolecular Hbond substituents is 1. The molecule has 1 saturated heterocycles. The summed E-state index contributed by atoms with van der Waals surface area (Å²) >= 11 is 0. The molecule has 10 heteroatoms. The number of hydrogen-bond donors (Lipinski definition) is 5. The standard InChI is InChI=1S/C23H26O10/c1-30-14-9-16(26)19(17(10-14)31-2)15(25)8-5-12-3-6-13(7-4-12)32-23-22(29)21(28)20(27)18(11-24)33-23/h3-10,18,20-24,26-29H,11H2,1-2H3. The largest absolute Gasteiger partial charge is 0.507 e. The van der Waals surface area contributed by atoms with Gasteiger partial charge in [-0.1, -0.05) is 18.2 Å². The lowest BCUT2D eigenvalue weighted by Gasteiger charge is -2.39. The lowest BCUT2D eigenvalue weighted by atomic mass is 9.99. The Labute approximate surface area is 189 Å². The van der Waals surface area contributed by atoms with Gasteiger partial charge in [0.15, 0.2) is 5.78 Å². The van der Waals surface area contributed by atoms with Crippen LogP contribution in [0.5, 0.6) is 23.0 Å². The van der Waals surface area contributed by atoms with Gasteiger partial charge in [0.25, 0.3) is 0 Å². The molecule has 33 heavy (non-hydrogen) atoms. The Morgan fingerprint density at radius 3 is 2.30 bits per heavy atom. The third kappa shape index (κ3) is 5.44. The maximum atomic E-state index is 12.6. The van der Waals surface area contributed by atoms with E-state index in [4.69, 9.17) is 18.9 Å². The van der Waals surface area contributed by atoms with Crippen molar-refractivity contribution in [3.8, 4) is 23.0 Å². The number of aliphatic hydroxyl groups is 4. The predicted molar refractivity (Wildman–Crippen MR) is 115 cm³/mol. The van der Waals surface area contributed by atoms with Gasteiger partial charge in [0.05, 0.1) is 20.8 Å². The Morgan fingerprint density at radius 2 is 1.70 bits per heavy atom. The first-order valence-corrected chi connectivity index (χ1v) is 10.0. The molecule has 1 fully saturated rings. The number of ether oxygens (including phenoxy) is 4. The average molecular weight is 462 g/mol. The summed E-state index contributed by atoms with van der Waals surface area (Å²) in [7, 11) is 2.81. The molecule has 0 radical (unpaired) electrons. The van der Waals surface area contributed by atoms with E-state index in [0.29, 0.717) is 11.3 Å². The first kappa shape index (κ1) is 24.5. The number of hydrogen-bond acceptors (Lipinski definition) is 10. The molecule has 1 aliphatic rings. The van der Waals surface area contributed by atoms with E-state index in [9.17, 15) is 30.3 Å². The number of carbonyl (C=O) groups excluding carboxylic acids is 1. The van der Waals surface area contributed by atoms with Crippen LogP contribution >= 0.6 is 0 Å². The van der Waals surface area contributed by atoms with Gasteiger partial charge >= 0.3 is 0 Å². The normalized spacial score (nSPS) is 25.1. The number of allylic oxidation sites excluding steroid dienone is 1. The number of aliphatic hydroxyl groups excluding tert-OH is 4. The van der Waals surface area contributed by atoms with E-state index in [-0.39, 0.29) is 22.8 Å². The van der Waals surface area contributed by atoms with Crippen LogP contribution in [0.25, 0.3) is 6.08 Å². The molecule has 0 spiro atoms. The summed E-state index contributed by atoms with van der Waals surface area (Å²) in [6.45, 7) is -0.558. The Kier molecular flexibility index (Phi) is 7.90. The van der Waals surface area contributed by atoms with Gasteiger partial charge in [-0.25, -0.2) is 0 Å². The molecule has 0 aliphatic carbocycles. The summed E-state index contributed by atoms with van der Waals surface area (Å²) in [5.41, 5.74) is 0.633. The number of rotatable bonds is 8. The van der Waals surface area contributed by atoms with Gasteiger partial charge < -0.3 is 44.5 Å². The fraction of sp³-hybridized carbons (Fsp3) is 0.348. The van der Waals surface area contributed by atoms with Crippen LogP contribution in [0.1, 0.15) is 15.9 Å². The molecule has 0 amide bonds. The highest BCUT2D eigenvalue weighted by Gasteiger charge is 2.44. The fourth-order valence-electron chi connectivity index (χ4n) is 3.31. The van der Waals surface area contributed by atoms with Crippen LogP contribution in [0.3, 0.4) is 0 Å². The number of ketones is 1. The molecule has 1 heterocycles. The van der Waals surface area contributed by atoms with E-state index < -0.39 is 43.1 Å². The first-order valence-electron chi connectivity index (χ1n) is 10.0. The molecule has 5 N–H and O–H groups in total. The van der Waals surface area contributed by atoms with E-state index in [2.05, 4.69) is 0 Å². The van der Waals surface area contributed by atoms with Crippen molar-refractivity contribution in [1.29, 1.82) is 0 Å². The second kappa shape index (κ2) is 10.6. The molecular formula is C23H26O10. The molecule has 2 aromatic rings. The Bertz CT molecular complexity index is 985. The molecule has 10 nitrogen and oxygen atoms in total. The van der Waals surface area contributed by atoms with Crippen LogP contribution in [0.15, 0.2) is 42.5 Å². The van der Waals surface area contributed by atoms with Crippen molar-refractivity contribution in [3.63, 3.8) is 0 Å². The summed E-state index contributed by atoms with van der Waals surface area (Å²) in [6.07, 6.45) is -4.10. The highest BCUT2D eigenvalue weighted by atomic mass is 16.7. The smallest absolute Gasteiger partial charge is 0.229 e. The van der Waals surface area contributed by atoms with Crippen LogP contribution < -0.4 is 14.2 Å². The lowest BCUT2D eigenvalue weighted by molar-refractivity contribution is -0.277. The number of aromatic hydroxyl groups is 1. The van der Waals surface area contributed by atoms with Gasteiger partial charge in [-0.05, 0) is 23.8 Å². The average Bonchev–Trinajstić information content (AvgIpc) is 2.83. The minimum atomic E-state index is -1.54. The topological polar surface area (TPSA) is 155 Å². The van der Waals surface area contributed by atoms with Crippen LogP contribution in [-0.2, 0) is 4.74 Å². The Hall–Kier alpha value is -3.15. The minimum absolute atomic E-state index is 0.00267. The third-order valence-corrected chi connectivity index (χ3v) is 5.16. The van der Waals surface area contributed by atoms with Crippen LogP contribution in [0, 0.1) is 0 Å². The maximum Gasteiger partial charge on any atom is 0.229 e. The molecule has 0 aromatic heterocycles. The van der Waals surface area contributed by atoms with E-state index in [1.165, 1.54) is 38.5 Å². The maximum absolute atomic E-state index is 12.6. The van der Waals surface area contributed by atoms with Crippen molar-refractivity contribution >= 4 is 11.9 Å². The van der Waals surface area contributed by atoms with Crippen molar-refractivity contribution in [2.45, 2.75) is 30.7 Å². The van der Waals surface area contributed by atoms with Crippen LogP contribution in [-0.4, -0.2) is 82.8 Å². The second-order valence-corrected chi connectivity index (χ2v) is 7.31.